The minimum atomic E-state index is -4.10. The van der Waals surface area contributed by atoms with Gasteiger partial charge in [-0.2, -0.15) is 0 Å². The quantitative estimate of drug-likeness (QED) is 0.620. The number of para-hydroxylation sites is 1. The van der Waals surface area contributed by atoms with Gasteiger partial charge in [-0.3, -0.25) is 4.79 Å². The molecular weight excluding hydrogens is 396 g/mol. The molecule has 0 aliphatic carbocycles. The van der Waals surface area contributed by atoms with Gasteiger partial charge in [-0.25, -0.2) is 22.9 Å². The minimum absolute atomic E-state index is 0.000844. The highest BCUT2D eigenvalue weighted by Crippen LogP contribution is 2.22. The van der Waals surface area contributed by atoms with Crippen molar-refractivity contribution in [2.24, 2.45) is 0 Å². The number of methoxy groups -OCH3 is 1. The van der Waals surface area contributed by atoms with Crippen molar-refractivity contribution in [1.82, 2.24) is 9.71 Å². The van der Waals surface area contributed by atoms with E-state index in [4.69, 9.17) is 4.74 Å². The Labute approximate surface area is 167 Å². The molecule has 0 atom stereocenters. The zero-order chi connectivity index (χ0) is 20.9. The van der Waals surface area contributed by atoms with E-state index in [0.717, 1.165) is 6.20 Å². The Bertz CT molecular complexity index is 1110. The van der Waals surface area contributed by atoms with Crippen LogP contribution in [0.4, 0.5) is 0 Å². The summed E-state index contributed by atoms with van der Waals surface area (Å²) in [6.07, 6.45) is 1.09. The maximum absolute atomic E-state index is 12.4. The number of esters is 1. The van der Waals surface area contributed by atoms with Gasteiger partial charge in [-0.05, 0) is 48.5 Å². The van der Waals surface area contributed by atoms with Crippen LogP contribution in [-0.4, -0.2) is 32.4 Å². The Morgan fingerprint density at radius 3 is 2.14 bits per heavy atom. The largest absolute Gasteiger partial charge is 0.464 e. The molecule has 0 bridgehead atoms. The molecule has 1 aromatic heterocycles. The molecule has 1 N–H and O–H groups in total. The average molecular weight is 412 g/mol. The summed E-state index contributed by atoms with van der Waals surface area (Å²) in [7, 11) is -2.90. The predicted molar refractivity (Wildman–Crippen MR) is 103 cm³/mol. The van der Waals surface area contributed by atoms with Crippen LogP contribution in [0.5, 0.6) is 11.5 Å². The number of amides is 1. The Hall–Kier alpha value is -3.72. The number of benzene rings is 2. The summed E-state index contributed by atoms with van der Waals surface area (Å²) in [4.78, 5) is 27.3. The van der Waals surface area contributed by atoms with E-state index in [-0.39, 0.29) is 16.2 Å². The topological polar surface area (TPSA) is 112 Å². The second-order valence-corrected chi connectivity index (χ2v) is 7.43. The van der Waals surface area contributed by atoms with Crippen LogP contribution in [0.25, 0.3) is 0 Å². The number of aromatic nitrogens is 1. The first-order valence-electron chi connectivity index (χ1n) is 8.33. The van der Waals surface area contributed by atoms with Gasteiger partial charge in [0, 0.05) is 6.20 Å². The van der Waals surface area contributed by atoms with Crippen LogP contribution < -0.4 is 9.46 Å². The van der Waals surface area contributed by atoms with E-state index >= 15 is 0 Å². The fourth-order valence-electron chi connectivity index (χ4n) is 2.30. The number of pyridine rings is 1. The lowest BCUT2D eigenvalue weighted by atomic mass is 10.2. The number of sulfonamides is 1. The van der Waals surface area contributed by atoms with E-state index in [9.17, 15) is 18.0 Å². The van der Waals surface area contributed by atoms with Gasteiger partial charge in [0.15, 0.2) is 0 Å². The molecule has 148 valence electrons. The molecule has 0 radical (unpaired) electrons. The maximum Gasteiger partial charge on any atom is 0.356 e. The number of rotatable bonds is 6. The van der Waals surface area contributed by atoms with Crippen LogP contribution >= 0.6 is 0 Å². The van der Waals surface area contributed by atoms with Crippen molar-refractivity contribution in [3.05, 3.63) is 84.2 Å². The van der Waals surface area contributed by atoms with Crippen LogP contribution in [0, 0.1) is 0 Å². The van der Waals surface area contributed by atoms with E-state index in [2.05, 4.69) is 9.72 Å². The third-order valence-corrected chi connectivity index (χ3v) is 5.11. The van der Waals surface area contributed by atoms with Crippen molar-refractivity contribution < 1.29 is 27.5 Å². The van der Waals surface area contributed by atoms with Gasteiger partial charge < -0.3 is 9.47 Å². The monoisotopic (exact) mass is 412 g/mol. The van der Waals surface area contributed by atoms with Crippen LogP contribution in [0.1, 0.15) is 20.8 Å². The van der Waals surface area contributed by atoms with Gasteiger partial charge in [-0.1, -0.05) is 18.2 Å². The van der Waals surface area contributed by atoms with Gasteiger partial charge in [0.05, 0.1) is 17.6 Å². The van der Waals surface area contributed by atoms with Gasteiger partial charge in [0.25, 0.3) is 15.9 Å². The molecule has 3 rings (SSSR count). The van der Waals surface area contributed by atoms with Crippen molar-refractivity contribution in [3.63, 3.8) is 0 Å². The fourth-order valence-corrected chi connectivity index (χ4v) is 3.28. The number of carbonyl (C=O) groups excluding carboxylic acids is 2. The number of hydrogen-bond donors (Lipinski definition) is 1. The second-order valence-electron chi connectivity index (χ2n) is 5.74. The zero-order valence-electron chi connectivity index (χ0n) is 15.2. The highest BCUT2D eigenvalue weighted by atomic mass is 32.2. The summed E-state index contributed by atoms with van der Waals surface area (Å²) in [5.74, 6) is -0.482. The lowest BCUT2D eigenvalue weighted by molar-refractivity contribution is 0.0593. The molecule has 0 aliphatic heterocycles. The highest BCUT2D eigenvalue weighted by molar-refractivity contribution is 7.90. The van der Waals surface area contributed by atoms with Crippen molar-refractivity contribution >= 4 is 21.9 Å². The van der Waals surface area contributed by atoms with Gasteiger partial charge >= 0.3 is 5.97 Å². The molecule has 1 amide bonds. The molecule has 29 heavy (non-hydrogen) atoms. The van der Waals surface area contributed by atoms with Crippen molar-refractivity contribution in [3.8, 4) is 11.5 Å². The SMILES string of the molecule is COC(=O)c1ccc(C(=O)NS(=O)(=O)c2ccc(Oc3ccccc3)cc2)cn1. The number of nitrogens with zero attached hydrogens (tertiary/aromatic N) is 1. The number of carbonyl (C=O) groups is 2. The molecule has 0 unspecified atom stereocenters. The summed E-state index contributed by atoms with van der Waals surface area (Å²) < 4.78 is 37.0. The third kappa shape index (κ3) is 4.96. The lowest BCUT2D eigenvalue weighted by Crippen LogP contribution is -2.30. The molecule has 0 fully saturated rings. The standard InChI is InChI=1S/C20H16N2O6S/c1-27-20(24)18-12-7-14(13-21-18)19(23)22-29(25,26)17-10-8-16(9-11-17)28-15-5-3-2-4-6-15/h2-13H,1H3,(H,22,23). The van der Waals surface area contributed by atoms with Crippen LogP contribution in [0.15, 0.2) is 77.8 Å². The Morgan fingerprint density at radius 2 is 1.55 bits per heavy atom. The van der Waals surface area contributed by atoms with Crippen molar-refractivity contribution in [2.75, 3.05) is 7.11 Å². The van der Waals surface area contributed by atoms with Gasteiger partial charge in [0.2, 0.25) is 0 Å². The number of nitrogens with one attached hydrogen (secondary N) is 1. The summed E-state index contributed by atoms with van der Waals surface area (Å²) in [5.41, 5.74) is -0.0221. The summed E-state index contributed by atoms with van der Waals surface area (Å²) >= 11 is 0. The normalized spacial score (nSPS) is 10.8. The first-order valence-corrected chi connectivity index (χ1v) is 9.82. The molecule has 3 aromatic rings. The fraction of sp³-hybridized carbons (Fsp3) is 0.0500. The minimum Gasteiger partial charge on any atom is -0.464 e. The van der Waals surface area contributed by atoms with Crippen LogP contribution in [-0.2, 0) is 14.8 Å². The Balaban J connectivity index is 1.70. The predicted octanol–water partition coefficient (Wildman–Crippen LogP) is 2.78. The summed E-state index contributed by atoms with van der Waals surface area (Å²) in [6, 6.07) is 17.2. The summed E-state index contributed by atoms with van der Waals surface area (Å²) in [6.45, 7) is 0. The van der Waals surface area contributed by atoms with Gasteiger partial charge in [-0.15, -0.1) is 0 Å². The number of hydrogen-bond acceptors (Lipinski definition) is 7. The Kier molecular flexibility index (Phi) is 5.89. The smallest absolute Gasteiger partial charge is 0.356 e. The molecule has 1 heterocycles. The third-order valence-electron chi connectivity index (χ3n) is 3.76. The molecule has 0 spiro atoms. The average Bonchev–Trinajstić information content (AvgIpc) is 2.74. The van der Waals surface area contributed by atoms with Crippen LogP contribution in [0.3, 0.4) is 0 Å². The van der Waals surface area contributed by atoms with E-state index in [0.29, 0.717) is 11.5 Å². The second kappa shape index (κ2) is 8.53. The van der Waals surface area contributed by atoms with E-state index in [1.54, 1.807) is 12.1 Å². The van der Waals surface area contributed by atoms with Crippen LogP contribution in [0.2, 0.25) is 0 Å². The zero-order valence-corrected chi connectivity index (χ0v) is 16.0. The van der Waals surface area contributed by atoms with Crippen molar-refractivity contribution in [2.45, 2.75) is 4.90 Å². The first kappa shape index (κ1) is 20.0. The molecule has 0 saturated heterocycles. The molecule has 8 nitrogen and oxygen atoms in total. The van der Waals surface area contributed by atoms with E-state index < -0.39 is 21.9 Å². The summed E-state index contributed by atoms with van der Waals surface area (Å²) in [5, 5.41) is 0. The van der Waals surface area contributed by atoms with E-state index in [1.165, 1.54) is 43.5 Å². The lowest BCUT2D eigenvalue weighted by Gasteiger charge is -2.09. The molecule has 0 aliphatic rings. The molecular formula is C20H16N2O6S. The first-order chi connectivity index (χ1) is 13.9. The van der Waals surface area contributed by atoms with Crippen molar-refractivity contribution in [1.29, 1.82) is 0 Å². The molecule has 0 saturated carbocycles. The van der Waals surface area contributed by atoms with E-state index in [1.807, 2.05) is 22.9 Å². The molecule has 2 aromatic carbocycles. The number of ether oxygens (including phenoxy) is 2. The Morgan fingerprint density at radius 1 is 0.897 bits per heavy atom. The highest BCUT2D eigenvalue weighted by Gasteiger charge is 2.19. The maximum atomic E-state index is 12.4. The van der Waals surface area contributed by atoms with Gasteiger partial charge in [0.1, 0.15) is 17.2 Å². The molecule has 9 heteroatoms.